The molecule has 0 spiro atoms. The summed E-state index contributed by atoms with van der Waals surface area (Å²) in [6.45, 7) is 0. The Morgan fingerprint density at radius 1 is 1.42 bits per heavy atom. The first-order chi connectivity index (χ1) is 9.11. The molecule has 0 radical (unpaired) electrons. The third-order valence-corrected chi connectivity index (χ3v) is 4.72. The van der Waals surface area contributed by atoms with Crippen LogP contribution in [0.1, 0.15) is 31.2 Å². The molecule has 19 heavy (non-hydrogen) atoms. The molecule has 4 heteroatoms. The van der Waals surface area contributed by atoms with Crippen LogP contribution in [0.4, 0.5) is 0 Å². The Hall–Kier alpha value is -0.930. The van der Waals surface area contributed by atoms with Crippen LogP contribution in [0.15, 0.2) is 29.2 Å². The second-order valence-corrected chi connectivity index (χ2v) is 6.03. The molecule has 102 valence electrons. The number of thioether (sulfide) groups is 1. The number of aliphatic carboxylic acids is 1. The summed E-state index contributed by atoms with van der Waals surface area (Å²) in [6.07, 6.45) is 8.43. The van der Waals surface area contributed by atoms with Crippen molar-refractivity contribution in [2.45, 2.75) is 30.6 Å². The standard InChI is InChI=1S/C15H17ClO2S/c1-19-14-7-6-11(9-13(14)16)12(15(17)18)8-10-4-2-3-5-10/h6-10H,2-5H2,1H3,(H,17,18)/b12-8+. The van der Waals surface area contributed by atoms with Gasteiger partial charge in [-0.15, -0.1) is 11.8 Å². The number of carboxylic acids is 1. The molecule has 0 bridgehead atoms. The van der Waals surface area contributed by atoms with Gasteiger partial charge in [0.25, 0.3) is 0 Å². The highest BCUT2D eigenvalue weighted by atomic mass is 35.5. The third kappa shape index (κ3) is 3.54. The van der Waals surface area contributed by atoms with Gasteiger partial charge in [-0.2, -0.15) is 0 Å². The van der Waals surface area contributed by atoms with E-state index >= 15 is 0 Å². The zero-order chi connectivity index (χ0) is 13.8. The van der Waals surface area contributed by atoms with Gasteiger partial charge in [-0.25, -0.2) is 4.79 Å². The highest BCUT2D eigenvalue weighted by Gasteiger charge is 2.18. The van der Waals surface area contributed by atoms with Gasteiger partial charge in [0.2, 0.25) is 0 Å². The monoisotopic (exact) mass is 296 g/mol. The quantitative estimate of drug-likeness (QED) is 0.645. The SMILES string of the molecule is CSc1ccc(/C(=C\C2CCCC2)C(=O)O)cc1Cl. The number of allylic oxidation sites excluding steroid dienone is 1. The van der Waals surface area contributed by atoms with E-state index in [-0.39, 0.29) is 0 Å². The summed E-state index contributed by atoms with van der Waals surface area (Å²) >= 11 is 7.71. The molecular formula is C15H17ClO2S. The van der Waals surface area contributed by atoms with Gasteiger partial charge in [-0.1, -0.05) is 36.6 Å². The van der Waals surface area contributed by atoms with Gasteiger partial charge in [0.15, 0.2) is 0 Å². The van der Waals surface area contributed by atoms with Crippen LogP contribution in [0.3, 0.4) is 0 Å². The Morgan fingerprint density at radius 2 is 2.11 bits per heavy atom. The van der Waals surface area contributed by atoms with Crippen LogP contribution in [0.5, 0.6) is 0 Å². The maximum atomic E-state index is 11.4. The minimum absolute atomic E-state index is 0.376. The van der Waals surface area contributed by atoms with Crippen molar-refractivity contribution in [2.75, 3.05) is 6.26 Å². The molecule has 1 aliphatic rings. The average molecular weight is 297 g/mol. The predicted octanol–water partition coefficient (Wildman–Crippen LogP) is 4.72. The molecule has 0 atom stereocenters. The zero-order valence-corrected chi connectivity index (χ0v) is 12.4. The zero-order valence-electron chi connectivity index (χ0n) is 10.9. The van der Waals surface area contributed by atoms with E-state index < -0.39 is 5.97 Å². The second kappa shape index (κ2) is 6.49. The van der Waals surface area contributed by atoms with E-state index in [9.17, 15) is 9.90 Å². The first-order valence-electron chi connectivity index (χ1n) is 6.41. The summed E-state index contributed by atoms with van der Waals surface area (Å²) in [6, 6.07) is 5.47. The van der Waals surface area contributed by atoms with Gasteiger partial charge in [0, 0.05) is 4.90 Å². The lowest BCUT2D eigenvalue weighted by Gasteiger charge is -2.09. The molecular weight excluding hydrogens is 280 g/mol. The molecule has 0 unspecified atom stereocenters. The third-order valence-electron chi connectivity index (χ3n) is 3.50. The highest BCUT2D eigenvalue weighted by molar-refractivity contribution is 7.98. The fourth-order valence-electron chi connectivity index (χ4n) is 2.48. The highest BCUT2D eigenvalue weighted by Crippen LogP contribution is 2.32. The van der Waals surface area contributed by atoms with Gasteiger partial charge in [0.1, 0.15) is 0 Å². The van der Waals surface area contributed by atoms with Crippen molar-refractivity contribution in [3.63, 3.8) is 0 Å². The lowest BCUT2D eigenvalue weighted by molar-refractivity contribution is -0.130. The fraction of sp³-hybridized carbons (Fsp3) is 0.400. The molecule has 0 amide bonds. The van der Waals surface area contributed by atoms with E-state index in [4.69, 9.17) is 11.6 Å². The smallest absolute Gasteiger partial charge is 0.335 e. The number of benzene rings is 1. The number of hydrogen-bond donors (Lipinski definition) is 1. The molecule has 0 aliphatic heterocycles. The van der Waals surface area contributed by atoms with E-state index in [1.165, 1.54) is 12.8 Å². The molecule has 2 nitrogen and oxygen atoms in total. The summed E-state index contributed by atoms with van der Waals surface area (Å²) in [4.78, 5) is 12.4. The van der Waals surface area contributed by atoms with Crippen molar-refractivity contribution in [1.29, 1.82) is 0 Å². The molecule has 1 fully saturated rings. The summed E-state index contributed by atoms with van der Waals surface area (Å²) in [5.41, 5.74) is 1.07. The fourth-order valence-corrected chi connectivity index (χ4v) is 3.35. The molecule has 1 aromatic carbocycles. The first kappa shape index (κ1) is 14.5. The van der Waals surface area contributed by atoms with E-state index in [2.05, 4.69) is 0 Å². The van der Waals surface area contributed by atoms with Gasteiger partial charge in [-0.05, 0) is 42.7 Å². The number of halogens is 1. The predicted molar refractivity (Wildman–Crippen MR) is 80.8 cm³/mol. The van der Waals surface area contributed by atoms with Crippen LogP contribution in [0, 0.1) is 5.92 Å². The van der Waals surface area contributed by atoms with Crippen molar-refractivity contribution in [3.05, 3.63) is 34.9 Å². The van der Waals surface area contributed by atoms with E-state index in [0.29, 0.717) is 22.1 Å². The maximum Gasteiger partial charge on any atom is 0.335 e. The molecule has 1 saturated carbocycles. The Labute approximate surface area is 122 Å². The normalized spacial score (nSPS) is 16.8. The summed E-state index contributed by atoms with van der Waals surface area (Å²) < 4.78 is 0. The van der Waals surface area contributed by atoms with Gasteiger partial charge in [0.05, 0.1) is 10.6 Å². The number of rotatable bonds is 4. The molecule has 2 rings (SSSR count). The van der Waals surface area contributed by atoms with Crippen LogP contribution in [0.25, 0.3) is 5.57 Å². The van der Waals surface area contributed by atoms with E-state index in [1.807, 2.05) is 24.5 Å². The summed E-state index contributed by atoms with van der Waals surface area (Å²) in [5.74, 6) is -0.482. The van der Waals surface area contributed by atoms with Gasteiger partial charge in [-0.3, -0.25) is 0 Å². The topological polar surface area (TPSA) is 37.3 Å². The Morgan fingerprint density at radius 3 is 2.63 bits per heavy atom. The lowest BCUT2D eigenvalue weighted by atomic mass is 9.99. The Balaban J connectivity index is 2.33. The van der Waals surface area contributed by atoms with Crippen LogP contribution >= 0.6 is 23.4 Å². The first-order valence-corrected chi connectivity index (χ1v) is 8.01. The summed E-state index contributed by atoms with van der Waals surface area (Å²) in [7, 11) is 0. The molecule has 1 aromatic rings. The molecule has 1 aliphatic carbocycles. The van der Waals surface area contributed by atoms with Gasteiger partial charge < -0.3 is 5.11 Å². The van der Waals surface area contributed by atoms with Crippen LogP contribution in [-0.2, 0) is 4.79 Å². The summed E-state index contributed by atoms with van der Waals surface area (Å²) in [5, 5.41) is 10.0. The lowest BCUT2D eigenvalue weighted by Crippen LogP contribution is -2.02. The van der Waals surface area contributed by atoms with Crippen molar-refractivity contribution in [3.8, 4) is 0 Å². The average Bonchev–Trinajstić information content (AvgIpc) is 2.88. The van der Waals surface area contributed by atoms with Crippen molar-refractivity contribution in [1.82, 2.24) is 0 Å². The van der Waals surface area contributed by atoms with Gasteiger partial charge >= 0.3 is 5.97 Å². The Bertz CT molecular complexity index is 505. The molecule has 1 N–H and O–H groups in total. The minimum atomic E-state index is -0.875. The van der Waals surface area contributed by atoms with Crippen molar-refractivity contribution >= 4 is 34.9 Å². The van der Waals surface area contributed by atoms with Crippen molar-refractivity contribution in [2.24, 2.45) is 5.92 Å². The number of hydrogen-bond acceptors (Lipinski definition) is 2. The van der Waals surface area contributed by atoms with Crippen molar-refractivity contribution < 1.29 is 9.90 Å². The van der Waals surface area contributed by atoms with E-state index in [1.54, 1.807) is 17.8 Å². The second-order valence-electron chi connectivity index (χ2n) is 4.78. The molecule has 0 heterocycles. The van der Waals surface area contributed by atoms with Crippen LogP contribution in [0.2, 0.25) is 5.02 Å². The number of carboxylic acid groups (broad SMARTS) is 1. The minimum Gasteiger partial charge on any atom is -0.478 e. The molecule has 0 saturated heterocycles. The Kier molecular flexibility index (Phi) is 4.94. The molecule has 0 aromatic heterocycles. The van der Waals surface area contributed by atoms with Crippen LogP contribution < -0.4 is 0 Å². The van der Waals surface area contributed by atoms with Crippen LogP contribution in [-0.4, -0.2) is 17.3 Å². The maximum absolute atomic E-state index is 11.4. The largest absolute Gasteiger partial charge is 0.478 e. The number of carbonyl (C=O) groups is 1. The van der Waals surface area contributed by atoms with E-state index in [0.717, 1.165) is 17.7 Å².